The number of benzene rings is 5. The summed E-state index contributed by atoms with van der Waals surface area (Å²) in [6, 6.07) is 40.6. The molecular formula is C34H23FN2S. The number of para-hydroxylation sites is 2. The van der Waals surface area contributed by atoms with E-state index >= 15 is 0 Å². The van der Waals surface area contributed by atoms with Crippen LogP contribution in [0.1, 0.15) is 5.56 Å². The van der Waals surface area contributed by atoms with Crippen molar-refractivity contribution in [2.24, 2.45) is 0 Å². The van der Waals surface area contributed by atoms with Crippen LogP contribution in [0.25, 0.3) is 33.3 Å². The first-order valence-corrected chi connectivity index (χ1v) is 13.4. The van der Waals surface area contributed by atoms with Crippen LogP contribution in [0.2, 0.25) is 0 Å². The molecule has 2 nitrogen and oxygen atoms in total. The highest BCUT2D eigenvalue weighted by Gasteiger charge is 2.27. The summed E-state index contributed by atoms with van der Waals surface area (Å²) >= 11 is 1.79. The lowest BCUT2D eigenvalue weighted by Gasteiger charge is -2.33. The van der Waals surface area contributed by atoms with E-state index < -0.39 is 0 Å². The minimum Gasteiger partial charge on any atom is -0.306 e. The fourth-order valence-corrected chi connectivity index (χ4v) is 6.31. The molecule has 0 bridgehead atoms. The summed E-state index contributed by atoms with van der Waals surface area (Å²) in [6.07, 6.45) is 0. The van der Waals surface area contributed by atoms with Gasteiger partial charge in [-0.15, -0.1) is 0 Å². The largest absolute Gasteiger partial charge is 0.306 e. The molecule has 1 aliphatic heterocycles. The summed E-state index contributed by atoms with van der Waals surface area (Å²) in [5.74, 6) is -0.256. The van der Waals surface area contributed by atoms with Gasteiger partial charge in [-0.2, -0.15) is 0 Å². The van der Waals surface area contributed by atoms with Gasteiger partial charge in [0.2, 0.25) is 0 Å². The number of rotatable bonds is 3. The van der Waals surface area contributed by atoms with Crippen molar-refractivity contribution in [3.8, 4) is 22.4 Å². The Hall–Kier alpha value is -4.41. The molecule has 4 heteroatoms. The Balaban J connectivity index is 1.58. The number of fused-ring (bicyclic) bond motifs is 3. The Morgan fingerprint density at radius 1 is 0.632 bits per heavy atom. The Morgan fingerprint density at radius 3 is 1.95 bits per heavy atom. The molecule has 0 saturated carbocycles. The van der Waals surface area contributed by atoms with Gasteiger partial charge in [0.05, 0.1) is 28.3 Å². The second kappa shape index (κ2) is 9.16. The molecule has 0 N–H and O–H groups in total. The third-order valence-electron chi connectivity index (χ3n) is 7.05. The van der Waals surface area contributed by atoms with Crippen LogP contribution >= 0.6 is 11.8 Å². The van der Waals surface area contributed by atoms with Crippen molar-refractivity contribution in [1.82, 2.24) is 4.98 Å². The first-order chi connectivity index (χ1) is 18.7. The molecule has 182 valence electrons. The van der Waals surface area contributed by atoms with Crippen LogP contribution in [-0.2, 0) is 0 Å². The lowest BCUT2D eigenvalue weighted by atomic mass is 9.94. The highest BCUT2D eigenvalue weighted by molar-refractivity contribution is 7.99. The summed E-state index contributed by atoms with van der Waals surface area (Å²) < 4.78 is 13.8. The van der Waals surface area contributed by atoms with Crippen molar-refractivity contribution in [3.63, 3.8) is 0 Å². The van der Waals surface area contributed by atoms with Crippen molar-refractivity contribution < 1.29 is 4.39 Å². The Morgan fingerprint density at radius 2 is 1.26 bits per heavy atom. The molecule has 6 aromatic rings. The van der Waals surface area contributed by atoms with Crippen LogP contribution in [-0.4, -0.2) is 4.98 Å². The zero-order valence-electron chi connectivity index (χ0n) is 20.7. The maximum atomic E-state index is 13.8. The van der Waals surface area contributed by atoms with E-state index in [2.05, 4.69) is 103 Å². The third kappa shape index (κ3) is 3.77. The molecular weight excluding hydrogens is 487 g/mol. The molecule has 1 aliphatic rings. The van der Waals surface area contributed by atoms with E-state index in [1.54, 1.807) is 23.9 Å². The van der Waals surface area contributed by atoms with Crippen molar-refractivity contribution in [2.45, 2.75) is 16.7 Å². The summed E-state index contributed by atoms with van der Waals surface area (Å²) in [5.41, 5.74) is 9.31. The molecule has 5 aromatic carbocycles. The van der Waals surface area contributed by atoms with Crippen molar-refractivity contribution in [3.05, 3.63) is 133 Å². The van der Waals surface area contributed by atoms with Crippen molar-refractivity contribution in [2.75, 3.05) is 4.90 Å². The Labute approximate surface area is 225 Å². The average molecular weight is 511 g/mol. The third-order valence-corrected chi connectivity index (χ3v) is 8.18. The van der Waals surface area contributed by atoms with Gasteiger partial charge in [-0.1, -0.05) is 72.4 Å². The van der Waals surface area contributed by atoms with Gasteiger partial charge in [0.15, 0.2) is 0 Å². The first-order valence-electron chi connectivity index (χ1n) is 12.6. The van der Waals surface area contributed by atoms with E-state index in [-0.39, 0.29) is 5.82 Å². The number of halogens is 1. The normalized spacial score (nSPS) is 12.3. The molecule has 38 heavy (non-hydrogen) atoms. The monoisotopic (exact) mass is 510 g/mol. The minimum absolute atomic E-state index is 0.256. The van der Waals surface area contributed by atoms with E-state index in [4.69, 9.17) is 4.98 Å². The maximum Gasteiger partial charge on any atom is 0.123 e. The number of hydrogen-bond acceptors (Lipinski definition) is 3. The molecule has 7 rings (SSSR count). The van der Waals surface area contributed by atoms with Gasteiger partial charge in [0.1, 0.15) is 5.82 Å². The molecule has 2 heterocycles. The van der Waals surface area contributed by atoms with Crippen LogP contribution in [0.3, 0.4) is 0 Å². The smallest absolute Gasteiger partial charge is 0.123 e. The quantitative estimate of drug-likeness (QED) is 0.235. The zero-order chi connectivity index (χ0) is 25.6. The lowest BCUT2D eigenvalue weighted by Crippen LogP contribution is -2.15. The molecule has 0 aliphatic carbocycles. The zero-order valence-corrected chi connectivity index (χ0v) is 21.5. The minimum atomic E-state index is -0.256. The van der Waals surface area contributed by atoms with Gasteiger partial charge >= 0.3 is 0 Å². The molecule has 0 fully saturated rings. The number of anilines is 3. The van der Waals surface area contributed by atoms with Crippen LogP contribution in [0.4, 0.5) is 21.5 Å². The predicted molar refractivity (Wildman–Crippen MR) is 156 cm³/mol. The van der Waals surface area contributed by atoms with Gasteiger partial charge in [-0.25, -0.2) is 9.37 Å². The topological polar surface area (TPSA) is 16.1 Å². The van der Waals surface area contributed by atoms with Crippen molar-refractivity contribution >= 4 is 39.7 Å². The summed E-state index contributed by atoms with van der Waals surface area (Å²) in [7, 11) is 0. The van der Waals surface area contributed by atoms with E-state index in [1.165, 1.54) is 21.9 Å². The van der Waals surface area contributed by atoms with Gasteiger partial charge in [-0.05, 0) is 84.3 Å². The highest BCUT2D eigenvalue weighted by atomic mass is 32.2. The number of aryl methyl sites for hydroxylation is 1. The predicted octanol–water partition coefficient (Wildman–Crippen LogP) is 9.95. The first kappa shape index (κ1) is 22.8. The number of nitrogens with zero attached hydrogens (tertiary/aromatic N) is 2. The maximum absolute atomic E-state index is 13.8. The van der Waals surface area contributed by atoms with Gasteiger partial charge in [-0.3, -0.25) is 0 Å². The second-order valence-electron chi connectivity index (χ2n) is 9.43. The number of pyridine rings is 1. The summed E-state index contributed by atoms with van der Waals surface area (Å²) in [5, 5.41) is 1.12. The van der Waals surface area contributed by atoms with Gasteiger partial charge < -0.3 is 4.90 Å². The SMILES string of the molecule is Cc1ccc(N2c3ccccc3Sc3ccccc32)c2nc(-c3ccc(F)cc3)cc(-c3ccccc3)c12. The summed E-state index contributed by atoms with van der Waals surface area (Å²) in [4.78, 5) is 10.0. The van der Waals surface area contributed by atoms with Crippen LogP contribution in [0.15, 0.2) is 131 Å². The molecule has 0 amide bonds. The van der Waals surface area contributed by atoms with E-state index in [0.717, 1.165) is 55.9 Å². The number of hydrogen-bond donors (Lipinski definition) is 0. The van der Waals surface area contributed by atoms with Gasteiger partial charge in [0.25, 0.3) is 0 Å². The van der Waals surface area contributed by atoms with E-state index in [0.29, 0.717) is 0 Å². The number of aromatic nitrogens is 1. The molecule has 0 saturated heterocycles. The van der Waals surface area contributed by atoms with Crippen LogP contribution < -0.4 is 4.90 Å². The van der Waals surface area contributed by atoms with E-state index in [9.17, 15) is 4.39 Å². The average Bonchev–Trinajstić information content (AvgIpc) is 2.97. The fraction of sp³-hybridized carbons (Fsp3) is 0.0294. The molecule has 0 spiro atoms. The molecule has 0 unspecified atom stereocenters. The standard InChI is InChI=1S/C34H23FN2S/c1-22-15-20-30(37-28-11-5-7-13-31(28)38-32-14-8-6-12-29(32)37)34-33(22)26(23-9-3-2-4-10-23)21-27(36-34)24-16-18-25(35)19-17-24/h2-21H,1H3. The fourth-order valence-electron chi connectivity index (χ4n) is 5.25. The summed E-state index contributed by atoms with van der Waals surface area (Å²) in [6.45, 7) is 2.14. The van der Waals surface area contributed by atoms with Gasteiger partial charge in [0, 0.05) is 20.7 Å². The molecule has 0 atom stereocenters. The van der Waals surface area contributed by atoms with Crippen LogP contribution in [0, 0.1) is 12.7 Å². The second-order valence-corrected chi connectivity index (χ2v) is 10.5. The Bertz CT molecular complexity index is 1770. The highest BCUT2D eigenvalue weighted by Crippen LogP contribution is 2.52. The lowest BCUT2D eigenvalue weighted by molar-refractivity contribution is 0.628. The van der Waals surface area contributed by atoms with E-state index in [1.807, 2.05) is 6.07 Å². The molecule has 0 radical (unpaired) electrons. The van der Waals surface area contributed by atoms with Crippen LogP contribution in [0.5, 0.6) is 0 Å². The molecule has 1 aromatic heterocycles. The Kier molecular flexibility index (Phi) is 5.49. The van der Waals surface area contributed by atoms with Crippen molar-refractivity contribution in [1.29, 1.82) is 0 Å².